The quantitative estimate of drug-likeness (QED) is 0.689. The van der Waals surface area contributed by atoms with Crippen molar-refractivity contribution in [3.63, 3.8) is 0 Å². The van der Waals surface area contributed by atoms with E-state index in [4.69, 9.17) is 17.2 Å². The third-order valence-electron chi connectivity index (χ3n) is 2.90. The molecule has 0 spiro atoms. The molecule has 0 aliphatic carbocycles. The zero-order valence-electron chi connectivity index (χ0n) is 9.90. The van der Waals surface area contributed by atoms with Crippen molar-refractivity contribution in [2.75, 3.05) is 17.2 Å². The van der Waals surface area contributed by atoms with E-state index in [1.807, 2.05) is 37.3 Å². The predicted octanol–water partition coefficient (Wildman–Crippen LogP) is 2.33. The second-order valence-corrected chi connectivity index (χ2v) is 4.33. The molecule has 0 atom stereocenters. The number of hydrogen-bond donors (Lipinski definition) is 3. The molecule has 2 aromatic rings. The third kappa shape index (κ3) is 2.50. The SMILES string of the molecule is Cc1ccc(Cc2ccc(N)c(N)c2)cc1N. The first-order valence-electron chi connectivity index (χ1n) is 5.55. The lowest BCUT2D eigenvalue weighted by atomic mass is 10.0. The van der Waals surface area contributed by atoms with Gasteiger partial charge in [-0.05, 0) is 48.2 Å². The van der Waals surface area contributed by atoms with Gasteiger partial charge in [0.05, 0.1) is 11.4 Å². The smallest absolute Gasteiger partial charge is 0.0550 e. The highest BCUT2D eigenvalue weighted by Crippen LogP contribution is 2.20. The molecule has 0 aliphatic heterocycles. The predicted molar refractivity (Wildman–Crippen MR) is 73.7 cm³/mol. The Kier molecular flexibility index (Phi) is 2.91. The molecule has 0 saturated carbocycles. The number of hydrogen-bond acceptors (Lipinski definition) is 3. The molecular weight excluding hydrogens is 210 g/mol. The van der Waals surface area contributed by atoms with Gasteiger partial charge in [-0.3, -0.25) is 0 Å². The van der Waals surface area contributed by atoms with Gasteiger partial charge in [-0.15, -0.1) is 0 Å². The first kappa shape index (κ1) is 11.3. The van der Waals surface area contributed by atoms with Crippen LogP contribution in [0, 0.1) is 6.92 Å². The molecule has 0 amide bonds. The number of benzene rings is 2. The van der Waals surface area contributed by atoms with Crippen LogP contribution in [0.2, 0.25) is 0 Å². The van der Waals surface area contributed by atoms with Crippen molar-refractivity contribution in [2.24, 2.45) is 0 Å². The van der Waals surface area contributed by atoms with E-state index in [0.717, 1.165) is 23.2 Å². The number of aryl methyl sites for hydroxylation is 1. The summed E-state index contributed by atoms with van der Waals surface area (Å²) in [5.74, 6) is 0. The van der Waals surface area contributed by atoms with E-state index in [9.17, 15) is 0 Å². The molecule has 0 bridgehead atoms. The molecule has 6 N–H and O–H groups in total. The summed E-state index contributed by atoms with van der Waals surface area (Å²) in [6.07, 6.45) is 0.814. The van der Waals surface area contributed by atoms with Crippen LogP contribution in [0.25, 0.3) is 0 Å². The van der Waals surface area contributed by atoms with Crippen LogP contribution in [0.5, 0.6) is 0 Å². The molecule has 17 heavy (non-hydrogen) atoms. The Morgan fingerprint density at radius 3 is 1.94 bits per heavy atom. The second-order valence-electron chi connectivity index (χ2n) is 4.33. The molecule has 3 heteroatoms. The van der Waals surface area contributed by atoms with Gasteiger partial charge in [0.25, 0.3) is 0 Å². The van der Waals surface area contributed by atoms with Gasteiger partial charge in [-0.25, -0.2) is 0 Å². The standard InChI is InChI=1S/C14H17N3/c1-9-2-3-10(7-13(9)16)6-11-4-5-12(15)14(17)8-11/h2-5,7-8H,6,15-17H2,1H3. The molecule has 0 aliphatic rings. The Morgan fingerprint density at radius 1 is 0.765 bits per heavy atom. The van der Waals surface area contributed by atoms with Gasteiger partial charge in [-0.1, -0.05) is 18.2 Å². The Hall–Kier alpha value is -2.16. The lowest BCUT2D eigenvalue weighted by Gasteiger charge is -2.07. The van der Waals surface area contributed by atoms with E-state index in [1.165, 1.54) is 5.56 Å². The van der Waals surface area contributed by atoms with Gasteiger partial charge in [0.1, 0.15) is 0 Å². The van der Waals surface area contributed by atoms with Crippen LogP contribution in [0.3, 0.4) is 0 Å². The molecule has 0 radical (unpaired) electrons. The minimum Gasteiger partial charge on any atom is -0.399 e. The van der Waals surface area contributed by atoms with Crippen molar-refractivity contribution in [3.05, 3.63) is 53.1 Å². The normalized spacial score (nSPS) is 10.4. The first-order valence-corrected chi connectivity index (χ1v) is 5.55. The van der Waals surface area contributed by atoms with Gasteiger partial charge in [0.2, 0.25) is 0 Å². The zero-order chi connectivity index (χ0) is 12.4. The third-order valence-corrected chi connectivity index (χ3v) is 2.90. The highest BCUT2D eigenvalue weighted by atomic mass is 14.7. The van der Waals surface area contributed by atoms with Crippen LogP contribution in [0.1, 0.15) is 16.7 Å². The fourth-order valence-corrected chi connectivity index (χ4v) is 1.77. The Balaban J connectivity index is 2.25. The Labute approximate surface area is 101 Å². The van der Waals surface area contributed by atoms with Crippen molar-refractivity contribution in [1.82, 2.24) is 0 Å². The summed E-state index contributed by atoms with van der Waals surface area (Å²) in [6, 6.07) is 11.8. The lowest BCUT2D eigenvalue weighted by Crippen LogP contribution is -1.97. The van der Waals surface area contributed by atoms with Crippen LogP contribution >= 0.6 is 0 Å². The number of nitrogens with two attached hydrogens (primary N) is 3. The van der Waals surface area contributed by atoms with Gasteiger partial charge in [-0.2, -0.15) is 0 Å². The zero-order valence-corrected chi connectivity index (χ0v) is 9.90. The second kappa shape index (κ2) is 4.37. The van der Waals surface area contributed by atoms with Crippen LogP contribution < -0.4 is 17.2 Å². The minimum absolute atomic E-state index is 0.622. The summed E-state index contributed by atoms with van der Waals surface area (Å²) in [4.78, 5) is 0. The molecule has 0 unspecified atom stereocenters. The lowest BCUT2D eigenvalue weighted by molar-refractivity contribution is 1.19. The highest BCUT2D eigenvalue weighted by molar-refractivity contribution is 5.64. The highest BCUT2D eigenvalue weighted by Gasteiger charge is 2.01. The summed E-state index contributed by atoms with van der Waals surface area (Å²) in [6.45, 7) is 2.00. The maximum atomic E-state index is 5.88. The molecule has 0 heterocycles. The number of rotatable bonds is 2. The van der Waals surface area contributed by atoms with Crippen LogP contribution in [0.15, 0.2) is 36.4 Å². The van der Waals surface area contributed by atoms with Crippen molar-refractivity contribution in [2.45, 2.75) is 13.3 Å². The molecular formula is C14H17N3. The average Bonchev–Trinajstić information content (AvgIpc) is 2.29. The summed E-state index contributed by atoms with van der Waals surface area (Å²) in [5.41, 5.74) is 22.8. The molecule has 3 nitrogen and oxygen atoms in total. The monoisotopic (exact) mass is 227 g/mol. The van der Waals surface area contributed by atoms with E-state index in [0.29, 0.717) is 11.4 Å². The summed E-state index contributed by atoms with van der Waals surface area (Å²) in [7, 11) is 0. The summed E-state index contributed by atoms with van der Waals surface area (Å²) < 4.78 is 0. The fraction of sp³-hybridized carbons (Fsp3) is 0.143. The van der Waals surface area contributed by atoms with Crippen molar-refractivity contribution >= 4 is 17.1 Å². The van der Waals surface area contributed by atoms with Crippen LogP contribution in [-0.4, -0.2) is 0 Å². The van der Waals surface area contributed by atoms with Crippen LogP contribution in [-0.2, 0) is 6.42 Å². The van der Waals surface area contributed by atoms with Gasteiger partial charge in [0.15, 0.2) is 0 Å². The Bertz CT molecular complexity index is 498. The molecule has 2 aromatic carbocycles. The molecule has 2 rings (SSSR count). The number of nitrogen functional groups attached to an aromatic ring is 3. The van der Waals surface area contributed by atoms with Crippen LogP contribution in [0.4, 0.5) is 17.1 Å². The Morgan fingerprint density at radius 2 is 1.35 bits per heavy atom. The molecule has 0 aromatic heterocycles. The summed E-state index contributed by atoms with van der Waals surface area (Å²) in [5, 5.41) is 0. The van der Waals surface area contributed by atoms with Gasteiger partial charge >= 0.3 is 0 Å². The van der Waals surface area contributed by atoms with Gasteiger partial charge < -0.3 is 17.2 Å². The topological polar surface area (TPSA) is 78.1 Å². The summed E-state index contributed by atoms with van der Waals surface area (Å²) >= 11 is 0. The maximum Gasteiger partial charge on any atom is 0.0550 e. The first-order chi connectivity index (χ1) is 8.06. The molecule has 0 fully saturated rings. The van der Waals surface area contributed by atoms with E-state index in [1.54, 1.807) is 0 Å². The number of anilines is 3. The molecule has 88 valence electrons. The average molecular weight is 227 g/mol. The fourth-order valence-electron chi connectivity index (χ4n) is 1.77. The van der Waals surface area contributed by atoms with Crippen molar-refractivity contribution in [1.29, 1.82) is 0 Å². The molecule has 0 saturated heterocycles. The van der Waals surface area contributed by atoms with E-state index >= 15 is 0 Å². The van der Waals surface area contributed by atoms with Gasteiger partial charge in [0, 0.05) is 5.69 Å². The van der Waals surface area contributed by atoms with E-state index in [2.05, 4.69) is 6.07 Å². The largest absolute Gasteiger partial charge is 0.399 e. The minimum atomic E-state index is 0.622. The van der Waals surface area contributed by atoms with Crippen molar-refractivity contribution in [3.8, 4) is 0 Å². The maximum absolute atomic E-state index is 5.88. The van der Waals surface area contributed by atoms with Crippen molar-refractivity contribution < 1.29 is 0 Å². The van der Waals surface area contributed by atoms with E-state index in [-0.39, 0.29) is 0 Å². The van der Waals surface area contributed by atoms with E-state index < -0.39 is 0 Å².